The molecular weight excluding hydrogens is 265 g/mol. The number of nitrogens with zero attached hydrogens (tertiary/aromatic N) is 1. The fraction of sp³-hybridized carbons (Fsp3) is 0.600. The molecule has 0 amide bonds. The van der Waals surface area contributed by atoms with E-state index in [1.165, 1.54) is 25.7 Å². The monoisotopic (exact) mass is 285 g/mol. The van der Waals surface area contributed by atoms with E-state index in [9.17, 15) is 0 Å². The molecule has 0 N–H and O–H groups in total. The molecule has 1 fully saturated rings. The van der Waals surface area contributed by atoms with E-state index < -0.39 is 0 Å². The number of hydrogen-bond donors (Lipinski definition) is 0. The van der Waals surface area contributed by atoms with Crippen LogP contribution in [0.2, 0.25) is 5.02 Å². The number of alkyl halides is 1. The quantitative estimate of drug-likeness (QED) is 0.699. The zero-order valence-corrected chi connectivity index (χ0v) is 12.6. The van der Waals surface area contributed by atoms with E-state index >= 15 is 0 Å². The summed E-state index contributed by atoms with van der Waals surface area (Å²) in [5, 5.41) is 0.814. The van der Waals surface area contributed by atoms with Crippen LogP contribution >= 0.6 is 23.2 Å². The van der Waals surface area contributed by atoms with Gasteiger partial charge in [0.2, 0.25) is 0 Å². The average molecular weight is 286 g/mol. The molecule has 1 aliphatic carbocycles. The lowest BCUT2D eigenvalue weighted by molar-refractivity contribution is 0.336. The Labute approximate surface area is 120 Å². The molecule has 0 bridgehead atoms. The first-order valence-corrected chi connectivity index (χ1v) is 7.61. The highest BCUT2D eigenvalue weighted by molar-refractivity contribution is 6.33. The summed E-state index contributed by atoms with van der Waals surface area (Å²) in [5.41, 5.74) is 2.25. The van der Waals surface area contributed by atoms with Crippen molar-refractivity contribution in [1.82, 2.24) is 0 Å². The van der Waals surface area contributed by atoms with Crippen LogP contribution in [0.25, 0.3) is 0 Å². The fourth-order valence-electron chi connectivity index (χ4n) is 3.00. The summed E-state index contributed by atoms with van der Waals surface area (Å²) in [5.74, 6) is 1.33. The van der Waals surface area contributed by atoms with Crippen LogP contribution in [0.4, 0.5) is 5.69 Å². The summed E-state index contributed by atoms with van der Waals surface area (Å²) in [6.07, 6.45) is 5.18. The molecule has 0 aromatic heterocycles. The first-order chi connectivity index (χ1) is 8.63. The zero-order chi connectivity index (χ0) is 13.1. The van der Waals surface area contributed by atoms with Crippen LogP contribution in [-0.4, -0.2) is 13.1 Å². The van der Waals surface area contributed by atoms with Crippen molar-refractivity contribution in [2.24, 2.45) is 5.92 Å². The summed E-state index contributed by atoms with van der Waals surface area (Å²) in [4.78, 5) is 2.34. The van der Waals surface area contributed by atoms with Crippen LogP contribution in [-0.2, 0) is 5.88 Å². The Bertz CT molecular complexity index is 405. The molecule has 2 atom stereocenters. The summed E-state index contributed by atoms with van der Waals surface area (Å²) >= 11 is 12.4. The lowest BCUT2D eigenvalue weighted by Gasteiger charge is -2.37. The summed E-state index contributed by atoms with van der Waals surface area (Å²) < 4.78 is 0. The van der Waals surface area contributed by atoms with Crippen LogP contribution in [0.3, 0.4) is 0 Å². The highest BCUT2D eigenvalue weighted by Crippen LogP contribution is 2.35. The van der Waals surface area contributed by atoms with Gasteiger partial charge in [-0.1, -0.05) is 43.5 Å². The van der Waals surface area contributed by atoms with Gasteiger partial charge in [-0.2, -0.15) is 0 Å². The highest BCUT2D eigenvalue weighted by atomic mass is 35.5. The van der Waals surface area contributed by atoms with Crippen LogP contribution in [0.1, 0.15) is 38.2 Å². The molecular formula is C15H21Cl2N. The Kier molecular flexibility index (Phi) is 4.80. The molecule has 0 aliphatic heterocycles. The maximum absolute atomic E-state index is 6.36. The number of hydrogen-bond acceptors (Lipinski definition) is 1. The Morgan fingerprint density at radius 2 is 2.11 bits per heavy atom. The first kappa shape index (κ1) is 14.0. The molecule has 0 radical (unpaired) electrons. The van der Waals surface area contributed by atoms with Gasteiger partial charge in [-0.25, -0.2) is 0 Å². The largest absolute Gasteiger partial charge is 0.370 e. The predicted molar refractivity (Wildman–Crippen MR) is 80.8 cm³/mol. The average Bonchev–Trinajstić information content (AvgIpc) is 2.37. The van der Waals surface area contributed by atoms with Crippen LogP contribution in [0.5, 0.6) is 0 Å². The topological polar surface area (TPSA) is 3.24 Å². The SMILES string of the molecule is CC1CCCC(N(C)c2c(Cl)cccc2CCl)C1. The second-order valence-electron chi connectivity index (χ2n) is 5.42. The second-order valence-corrected chi connectivity index (χ2v) is 6.09. The highest BCUT2D eigenvalue weighted by Gasteiger charge is 2.24. The molecule has 1 saturated carbocycles. The predicted octanol–water partition coefficient (Wildman–Crippen LogP) is 5.09. The number of para-hydroxylation sites is 1. The molecule has 100 valence electrons. The van der Waals surface area contributed by atoms with Crippen molar-refractivity contribution in [3.8, 4) is 0 Å². The maximum Gasteiger partial charge on any atom is 0.0642 e. The minimum atomic E-state index is 0.516. The van der Waals surface area contributed by atoms with E-state index in [-0.39, 0.29) is 0 Å². The lowest BCUT2D eigenvalue weighted by atomic mass is 9.86. The standard InChI is InChI=1S/C15H21Cl2N/c1-11-5-3-7-13(9-11)18(2)15-12(10-16)6-4-8-14(15)17/h4,6,8,11,13H,3,5,7,9-10H2,1-2H3. The Balaban J connectivity index is 2.24. The van der Waals surface area contributed by atoms with Crippen molar-refractivity contribution in [2.45, 2.75) is 44.5 Å². The van der Waals surface area contributed by atoms with Gasteiger partial charge < -0.3 is 4.90 Å². The molecule has 1 aromatic carbocycles. The van der Waals surface area contributed by atoms with Gasteiger partial charge in [0.05, 0.1) is 10.7 Å². The van der Waals surface area contributed by atoms with Gasteiger partial charge in [-0.15, -0.1) is 11.6 Å². The van der Waals surface area contributed by atoms with E-state index in [2.05, 4.69) is 24.9 Å². The van der Waals surface area contributed by atoms with Gasteiger partial charge in [0.25, 0.3) is 0 Å². The third-order valence-electron chi connectivity index (χ3n) is 4.02. The van der Waals surface area contributed by atoms with E-state index in [1.54, 1.807) is 0 Å². The van der Waals surface area contributed by atoms with Crippen LogP contribution in [0.15, 0.2) is 18.2 Å². The number of benzene rings is 1. The molecule has 1 nitrogen and oxygen atoms in total. The van der Waals surface area contributed by atoms with Crippen molar-refractivity contribution >= 4 is 28.9 Å². The number of rotatable bonds is 3. The zero-order valence-electron chi connectivity index (χ0n) is 11.1. The first-order valence-electron chi connectivity index (χ1n) is 6.69. The second kappa shape index (κ2) is 6.16. The van der Waals surface area contributed by atoms with Crippen molar-refractivity contribution in [1.29, 1.82) is 0 Å². The molecule has 2 unspecified atom stereocenters. The molecule has 2 rings (SSSR count). The molecule has 1 aromatic rings. The molecule has 0 heterocycles. The molecule has 3 heteroatoms. The molecule has 1 aliphatic rings. The summed E-state index contributed by atoms with van der Waals surface area (Å²) in [6, 6.07) is 6.59. The molecule has 0 saturated heterocycles. The molecule has 0 spiro atoms. The van der Waals surface area contributed by atoms with Gasteiger partial charge in [-0.05, 0) is 30.4 Å². The van der Waals surface area contributed by atoms with Crippen molar-refractivity contribution in [3.05, 3.63) is 28.8 Å². The van der Waals surface area contributed by atoms with Crippen molar-refractivity contribution in [2.75, 3.05) is 11.9 Å². The number of halogens is 2. The van der Waals surface area contributed by atoms with Gasteiger partial charge in [-0.3, -0.25) is 0 Å². The van der Waals surface area contributed by atoms with E-state index in [4.69, 9.17) is 23.2 Å². The summed E-state index contributed by atoms with van der Waals surface area (Å²) in [6.45, 7) is 2.34. The lowest BCUT2D eigenvalue weighted by Crippen LogP contribution is -2.36. The van der Waals surface area contributed by atoms with Gasteiger partial charge in [0.15, 0.2) is 0 Å². The summed E-state index contributed by atoms with van der Waals surface area (Å²) in [7, 11) is 2.15. The Morgan fingerprint density at radius 1 is 1.33 bits per heavy atom. The smallest absolute Gasteiger partial charge is 0.0642 e. The fourth-order valence-corrected chi connectivity index (χ4v) is 3.54. The van der Waals surface area contributed by atoms with E-state index in [1.807, 2.05) is 12.1 Å². The third-order valence-corrected chi connectivity index (χ3v) is 4.62. The van der Waals surface area contributed by atoms with Crippen LogP contribution < -0.4 is 4.90 Å². The number of anilines is 1. The van der Waals surface area contributed by atoms with Crippen molar-refractivity contribution in [3.63, 3.8) is 0 Å². The van der Waals surface area contributed by atoms with Crippen molar-refractivity contribution < 1.29 is 0 Å². The van der Waals surface area contributed by atoms with E-state index in [0.717, 1.165) is 22.2 Å². The Morgan fingerprint density at radius 3 is 2.78 bits per heavy atom. The maximum atomic E-state index is 6.36. The third kappa shape index (κ3) is 2.95. The van der Waals surface area contributed by atoms with E-state index in [0.29, 0.717) is 11.9 Å². The van der Waals surface area contributed by atoms with Gasteiger partial charge >= 0.3 is 0 Å². The normalized spacial score (nSPS) is 24.0. The molecule has 18 heavy (non-hydrogen) atoms. The van der Waals surface area contributed by atoms with Gasteiger partial charge in [0.1, 0.15) is 0 Å². The van der Waals surface area contributed by atoms with Gasteiger partial charge in [0, 0.05) is 19.0 Å². The van der Waals surface area contributed by atoms with Crippen LogP contribution in [0, 0.1) is 5.92 Å². The Hall–Kier alpha value is -0.400. The minimum absolute atomic E-state index is 0.516. The minimum Gasteiger partial charge on any atom is -0.370 e.